The molecule has 0 aromatic heterocycles. The number of halogens is 2. The van der Waals surface area contributed by atoms with E-state index in [1.807, 2.05) is 0 Å². The van der Waals surface area contributed by atoms with Gasteiger partial charge in [0.1, 0.15) is 6.04 Å². The Bertz CT molecular complexity index is 203. The number of alkyl halides is 2. The number of rotatable bonds is 3. The fourth-order valence-corrected chi connectivity index (χ4v) is 1.71. The molecule has 14 heavy (non-hydrogen) atoms. The molecule has 1 saturated heterocycles. The lowest BCUT2D eigenvalue weighted by molar-refractivity contribution is -0.143. The van der Waals surface area contributed by atoms with Crippen molar-refractivity contribution < 1.29 is 18.7 Å². The second-order valence-electron chi connectivity index (χ2n) is 3.72. The highest BCUT2D eigenvalue weighted by Gasteiger charge is 2.30. The minimum atomic E-state index is -2.27. The molecule has 1 aliphatic rings. The minimum absolute atomic E-state index is 0.398. The molecule has 1 N–H and O–H groups in total. The maximum Gasteiger partial charge on any atom is 0.320 e. The van der Waals surface area contributed by atoms with E-state index in [0.717, 1.165) is 0 Å². The first-order valence-corrected chi connectivity index (χ1v) is 4.77. The zero-order valence-electron chi connectivity index (χ0n) is 8.12. The number of nitrogens with zero attached hydrogens (tertiary/aromatic N) is 1. The number of piperidine rings is 1. The first kappa shape index (κ1) is 11.4. The smallest absolute Gasteiger partial charge is 0.320 e. The minimum Gasteiger partial charge on any atom is -0.480 e. The Morgan fingerprint density at radius 3 is 2.29 bits per heavy atom. The van der Waals surface area contributed by atoms with Crippen LogP contribution in [0.25, 0.3) is 0 Å². The summed E-state index contributed by atoms with van der Waals surface area (Å²) >= 11 is 0. The first-order valence-electron chi connectivity index (χ1n) is 4.77. The van der Waals surface area contributed by atoms with E-state index >= 15 is 0 Å². The summed E-state index contributed by atoms with van der Waals surface area (Å²) in [6, 6.07) is -0.561. The average Bonchev–Trinajstić information content (AvgIpc) is 2.16. The lowest BCUT2D eigenvalue weighted by atomic mass is 9.96. The molecule has 0 saturated carbocycles. The molecule has 0 unspecified atom stereocenters. The van der Waals surface area contributed by atoms with E-state index in [2.05, 4.69) is 0 Å². The van der Waals surface area contributed by atoms with Crippen molar-refractivity contribution in [2.45, 2.75) is 32.2 Å². The van der Waals surface area contributed by atoms with E-state index in [1.54, 1.807) is 11.8 Å². The highest BCUT2D eigenvalue weighted by atomic mass is 19.3. The van der Waals surface area contributed by atoms with E-state index in [1.165, 1.54) is 0 Å². The standard InChI is InChI=1S/C9H15F2NO2/c1-6(9(13)14)12-4-2-7(3-5-12)8(10)11/h6-8H,2-5H2,1H3,(H,13,14)/t6-/m1/s1. The van der Waals surface area contributed by atoms with Crippen LogP contribution in [-0.4, -0.2) is 41.5 Å². The molecule has 1 heterocycles. The van der Waals surface area contributed by atoms with Crippen molar-refractivity contribution in [1.82, 2.24) is 4.90 Å². The molecule has 1 atom stereocenters. The van der Waals surface area contributed by atoms with Crippen molar-refractivity contribution >= 4 is 5.97 Å². The Morgan fingerprint density at radius 1 is 1.43 bits per heavy atom. The Balaban J connectivity index is 2.39. The second kappa shape index (κ2) is 4.68. The third kappa shape index (κ3) is 2.64. The second-order valence-corrected chi connectivity index (χ2v) is 3.72. The average molecular weight is 207 g/mol. The van der Waals surface area contributed by atoms with Crippen LogP contribution in [0.5, 0.6) is 0 Å². The number of hydrogen-bond acceptors (Lipinski definition) is 2. The van der Waals surface area contributed by atoms with Crippen molar-refractivity contribution in [3.05, 3.63) is 0 Å². The molecule has 0 aromatic rings. The number of carbonyl (C=O) groups is 1. The van der Waals surface area contributed by atoms with Crippen LogP contribution in [-0.2, 0) is 4.79 Å². The van der Waals surface area contributed by atoms with Crippen LogP contribution in [0.2, 0.25) is 0 Å². The summed E-state index contributed by atoms with van der Waals surface area (Å²) in [4.78, 5) is 12.4. The molecular formula is C9H15F2NO2. The van der Waals surface area contributed by atoms with E-state index < -0.39 is 24.4 Å². The number of aliphatic carboxylic acids is 1. The SMILES string of the molecule is C[C@H](C(=O)O)N1CCC(C(F)F)CC1. The largest absolute Gasteiger partial charge is 0.480 e. The number of carboxylic acid groups (broad SMARTS) is 1. The molecule has 1 rings (SSSR count). The van der Waals surface area contributed by atoms with Gasteiger partial charge < -0.3 is 5.11 Å². The van der Waals surface area contributed by atoms with E-state index in [0.29, 0.717) is 25.9 Å². The van der Waals surface area contributed by atoms with Gasteiger partial charge in [-0.3, -0.25) is 9.69 Å². The quantitative estimate of drug-likeness (QED) is 0.761. The monoisotopic (exact) mass is 207 g/mol. The summed E-state index contributed by atoms with van der Waals surface area (Å²) in [5.41, 5.74) is 0. The topological polar surface area (TPSA) is 40.5 Å². The van der Waals surface area contributed by atoms with Gasteiger partial charge in [-0.1, -0.05) is 0 Å². The van der Waals surface area contributed by atoms with Crippen LogP contribution >= 0.6 is 0 Å². The van der Waals surface area contributed by atoms with E-state index in [4.69, 9.17) is 5.11 Å². The van der Waals surface area contributed by atoms with Gasteiger partial charge >= 0.3 is 5.97 Å². The third-order valence-corrected chi connectivity index (χ3v) is 2.84. The van der Waals surface area contributed by atoms with Crippen LogP contribution in [0.15, 0.2) is 0 Å². The highest BCUT2D eigenvalue weighted by molar-refractivity contribution is 5.72. The van der Waals surface area contributed by atoms with Crippen LogP contribution in [0.1, 0.15) is 19.8 Å². The van der Waals surface area contributed by atoms with E-state index in [9.17, 15) is 13.6 Å². The number of likely N-dealkylation sites (tertiary alicyclic amines) is 1. The molecule has 0 amide bonds. The molecule has 5 heteroatoms. The molecule has 0 bridgehead atoms. The Kier molecular flexibility index (Phi) is 3.80. The molecule has 0 aromatic carbocycles. The van der Waals surface area contributed by atoms with Gasteiger partial charge in [0.25, 0.3) is 0 Å². The summed E-state index contributed by atoms with van der Waals surface area (Å²) in [5.74, 6) is -1.44. The van der Waals surface area contributed by atoms with Crippen LogP contribution in [0.3, 0.4) is 0 Å². The van der Waals surface area contributed by atoms with Crippen molar-refractivity contribution in [1.29, 1.82) is 0 Å². The van der Waals surface area contributed by atoms with Gasteiger partial charge in [-0.2, -0.15) is 0 Å². The van der Waals surface area contributed by atoms with Crippen molar-refractivity contribution in [3.63, 3.8) is 0 Å². The van der Waals surface area contributed by atoms with Gasteiger partial charge in [0.2, 0.25) is 6.43 Å². The lowest BCUT2D eigenvalue weighted by Gasteiger charge is -2.33. The van der Waals surface area contributed by atoms with Gasteiger partial charge in [-0.25, -0.2) is 8.78 Å². The summed E-state index contributed by atoms with van der Waals surface area (Å²) < 4.78 is 24.5. The van der Waals surface area contributed by atoms with Gasteiger partial charge in [0, 0.05) is 5.92 Å². The van der Waals surface area contributed by atoms with Crippen molar-refractivity contribution in [2.75, 3.05) is 13.1 Å². The van der Waals surface area contributed by atoms with Gasteiger partial charge in [-0.05, 0) is 32.9 Å². The fourth-order valence-electron chi connectivity index (χ4n) is 1.71. The molecular weight excluding hydrogens is 192 g/mol. The Hall–Kier alpha value is -0.710. The van der Waals surface area contributed by atoms with Gasteiger partial charge in [0.15, 0.2) is 0 Å². The summed E-state index contributed by atoms with van der Waals surface area (Å²) in [6.07, 6.45) is -1.47. The summed E-state index contributed by atoms with van der Waals surface area (Å²) in [7, 11) is 0. The maximum atomic E-state index is 12.3. The first-order chi connectivity index (χ1) is 6.52. The molecule has 1 aliphatic heterocycles. The zero-order chi connectivity index (χ0) is 10.7. The predicted octanol–water partition coefficient (Wildman–Crippen LogP) is 1.44. The molecule has 0 spiro atoms. The molecule has 0 aliphatic carbocycles. The normalized spacial score (nSPS) is 22.6. The zero-order valence-corrected chi connectivity index (χ0v) is 8.12. The predicted molar refractivity (Wildman–Crippen MR) is 47.4 cm³/mol. The van der Waals surface area contributed by atoms with E-state index in [-0.39, 0.29) is 0 Å². The van der Waals surface area contributed by atoms with Crippen LogP contribution in [0.4, 0.5) is 8.78 Å². The third-order valence-electron chi connectivity index (χ3n) is 2.84. The molecule has 3 nitrogen and oxygen atoms in total. The molecule has 0 radical (unpaired) electrons. The number of hydrogen-bond donors (Lipinski definition) is 1. The van der Waals surface area contributed by atoms with Crippen molar-refractivity contribution in [3.8, 4) is 0 Å². The summed E-state index contributed by atoms with van der Waals surface area (Å²) in [5, 5.41) is 8.72. The molecule has 82 valence electrons. The van der Waals surface area contributed by atoms with Crippen LogP contribution < -0.4 is 0 Å². The highest BCUT2D eigenvalue weighted by Crippen LogP contribution is 2.24. The lowest BCUT2D eigenvalue weighted by Crippen LogP contribution is -2.44. The number of carboxylic acids is 1. The van der Waals surface area contributed by atoms with Crippen LogP contribution in [0, 0.1) is 5.92 Å². The summed E-state index contributed by atoms with van der Waals surface area (Å²) in [6.45, 7) is 2.51. The van der Waals surface area contributed by atoms with Gasteiger partial charge in [0.05, 0.1) is 0 Å². The van der Waals surface area contributed by atoms with Gasteiger partial charge in [-0.15, -0.1) is 0 Å². The fraction of sp³-hybridized carbons (Fsp3) is 0.889. The van der Waals surface area contributed by atoms with Crippen molar-refractivity contribution in [2.24, 2.45) is 5.92 Å². The molecule has 1 fully saturated rings. The Morgan fingerprint density at radius 2 is 1.93 bits per heavy atom. The Labute approximate surface area is 81.7 Å². The maximum absolute atomic E-state index is 12.3.